The predicted molar refractivity (Wildman–Crippen MR) is 217 cm³/mol. The van der Waals surface area contributed by atoms with Gasteiger partial charge in [0.2, 0.25) is 15.9 Å². The summed E-state index contributed by atoms with van der Waals surface area (Å²) in [5.41, 5.74) is 8.82. The largest absolute Gasteiger partial charge is 0.497 e. The Morgan fingerprint density at radius 1 is 0.964 bits per heavy atom. The smallest absolute Gasteiger partial charge is 0.257 e. The van der Waals surface area contributed by atoms with Gasteiger partial charge in [-0.15, -0.1) is 0 Å². The lowest BCUT2D eigenvalue weighted by Gasteiger charge is -2.42. The van der Waals surface area contributed by atoms with Crippen LogP contribution in [-0.2, 0) is 27.8 Å². The van der Waals surface area contributed by atoms with Crippen molar-refractivity contribution in [3.05, 3.63) is 70.5 Å². The van der Waals surface area contributed by atoms with Gasteiger partial charge in [-0.2, -0.15) is 5.10 Å². The summed E-state index contributed by atoms with van der Waals surface area (Å²) < 4.78 is 37.7. The summed E-state index contributed by atoms with van der Waals surface area (Å²) in [6, 6.07) is 13.2. The number of nitrogens with one attached hydrogen (secondary N) is 1. The molecule has 1 saturated heterocycles. The highest BCUT2D eigenvalue weighted by Gasteiger charge is 2.37. The Bertz CT molecular complexity index is 2280. The molecule has 4 aliphatic rings. The first kappa shape index (κ1) is 37.5. The molecule has 2 atom stereocenters. The van der Waals surface area contributed by atoms with E-state index in [1.807, 2.05) is 17.0 Å². The van der Waals surface area contributed by atoms with Crippen LogP contribution in [0.2, 0.25) is 0 Å². The minimum Gasteiger partial charge on any atom is -0.497 e. The van der Waals surface area contributed by atoms with Crippen molar-refractivity contribution in [3.8, 4) is 17.0 Å². The monoisotopic (exact) mass is 766 g/mol. The van der Waals surface area contributed by atoms with E-state index in [9.17, 15) is 18.0 Å². The molecule has 8 rings (SSSR count). The first-order valence-corrected chi connectivity index (χ1v) is 21.6. The van der Waals surface area contributed by atoms with Crippen molar-refractivity contribution in [2.45, 2.75) is 115 Å². The standard InChI is InChI=1S/C43H54N6O5S/c1-26(2)55(52,53)45-39(50)19-29-12-16-36-38(18-29)48-25-32(20-31-21-34(54-6)15-17-35(31)42(48)40(36)30-10-8-7-9-11-30)41-37(22-44-49(41)33-13-14-33)43(51)47-23-27(3)46(5)28(4)24-47/h12,15-18,20-22,26-28,30,33H,7-11,13-14,19,23-25H2,1-6H3,(H,45,50)/t27-,28+. The zero-order chi connectivity index (χ0) is 38.8. The van der Waals surface area contributed by atoms with Crippen molar-refractivity contribution >= 4 is 44.4 Å². The van der Waals surface area contributed by atoms with E-state index in [1.54, 1.807) is 27.2 Å². The van der Waals surface area contributed by atoms with Gasteiger partial charge in [0.15, 0.2) is 0 Å². The summed E-state index contributed by atoms with van der Waals surface area (Å²) in [5, 5.41) is 5.35. The quantitative estimate of drug-likeness (QED) is 0.195. The maximum Gasteiger partial charge on any atom is 0.257 e. The van der Waals surface area contributed by atoms with Crippen LogP contribution in [0.25, 0.3) is 33.8 Å². The summed E-state index contributed by atoms with van der Waals surface area (Å²) in [6.07, 6.45) is 11.8. The van der Waals surface area contributed by atoms with E-state index in [0.29, 0.717) is 31.1 Å². The van der Waals surface area contributed by atoms with E-state index in [-0.39, 0.29) is 30.5 Å². The fraction of sp³-hybridized carbons (Fsp3) is 0.512. The summed E-state index contributed by atoms with van der Waals surface area (Å²) in [6.45, 7) is 9.25. The molecule has 0 radical (unpaired) electrons. The molecule has 2 amide bonds. The highest BCUT2D eigenvalue weighted by atomic mass is 32.2. The number of carbonyl (C=O) groups is 2. The highest BCUT2D eigenvalue weighted by Crippen LogP contribution is 2.49. The van der Waals surface area contributed by atoms with Crippen LogP contribution >= 0.6 is 0 Å². The molecule has 12 heteroatoms. The molecule has 2 aliphatic carbocycles. The van der Waals surface area contributed by atoms with Gasteiger partial charge in [0.25, 0.3) is 5.91 Å². The number of fused-ring (bicyclic) bond motifs is 5. The number of carbonyl (C=O) groups excluding carboxylic acids is 2. The number of hydrogen-bond donors (Lipinski definition) is 1. The molecule has 11 nitrogen and oxygen atoms in total. The van der Waals surface area contributed by atoms with Gasteiger partial charge in [-0.25, -0.2) is 8.42 Å². The molecule has 2 aromatic carbocycles. The second kappa shape index (κ2) is 14.6. The summed E-state index contributed by atoms with van der Waals surface area (Å²) in [5.74, 6) is 0.583. The highest BCUT2D eigenvalue weighted by molar-refractivity contribution is 7.90. The summed E-state index contributed by atoms with van der Waals surface area (Å²) in [7, 11) is 0.0560. The summed E-state index contributed by atoms with van der Waals surface area (Å²) in [4.78, 5) is 32.1. The molecular weight excluding hydrogens is 713 g/mol. The SMILES string of the molecule is COc1ccc2c(c1)C=C(c1c(C(=O)N3C[C@@H](C)N(C)[C@@H](C)C3)cnn1C1CC1)Cn1c-2c(C2CCCCC2)c2ccc(CC(=O)NS(=O)(=O)C(C)C)cc21. The van der Waals surface area contributed by atoms with Crippen molar-refractivity contribution in [2.75, 3.05) is 27.2 Å². The van der Waals surface area contributed by atoms with Crippen LogP contribution in [0.5, 0.6) is 5.75 Å². The Morgan fingerprint density at radius 3 is 2.36 bits per heavy atom. The van der Waals surface area contributed by atoms with Crippen LogP contribution in [0.1, 0.15) is 117 Å². The fourth-order valence-electron chi connectivity index (χ4n) is 9.01. The molecule has 3 fully saturated rings. The first-order valence-electron chi connectivity index (χ1n) is 20.0. The average Bonchev–Trinajstić information content (AvgIpc) is 3.87. The van der Waals surface area contributed by atoms with E-state index in [2.05, 4.69) is 70.1 Å². The number of likely N-dealkylation sites (N-methyl/N-ethyl adjacent to an activating group) is 1. The van der Waals surface area contributed by atoms with E-state index >= 15 is 0 Å². The van der Waals surface area contributed by atoms with E-state index < -0.39 is 21.2 Å². The second-order valence-corrected chi connectivity index (χ2v) is 18.8. The molecule has 2 aromatic heterocycles. The fourth-order valence-corrected chi connectivity index (χ4v) is 9.64. The lowest BCUT2D eigenvalue weighted by atomic mass is 9.81. The van der Waals surface area contributed by atoms with E-state index in [4.69, 9.17) is 9.84 Å². The minimum atomic E-state index is -3.76. The number of aromatic nitrogens is 3. The van der Waals surface area contributed by atoms with Crippen molar-refractivity contribution in [3.63, 3.8) is 0 Å². The van der Waals surface area contributed by atoms with Gasteiger partial charge in [0.05, 0.1) is 54.5 Å². The van der Waals surface area contributed by atoms with Crippen molar-refractivity contribution < 1.29 is 22.7 Å². The zero-order valence-electron chi connectivity index (χ0n) is 33.0. The molecule has 292 valence electrons. The number of allylic oxidation sites excluding steroid dienone is 1. The Labute approximate surface area is 324 Å². The van der Waals surface area contributed by atoms with Crippen molar-refractivity contribution in [1.82, 2.24) is 28.9 Å². The summed E-state index contributed by atoms with van der Waals surface area (Å²) >= 11 is 0. The van der Waals surface area contributed by atoms with Gasteiger partial charge in [-0.1, -0.05) is 31.4 Å². The second-order valence-electron chi connectivity index (χ2n) is 16.6. The number of benzene rings is 2. The van der Waals surface area contributed by atoms with E-state index in [0.717, 1.165) is 76.0 Å². The van der Waals surface area contributed by atoms with Gasteiger partial charge < -0.3 is 14.2 Å². The van der Waals surface area contributed by atoms with Crippen LogP contribution in [0, 0.1) is 0 Å². The van der Waals surface area contributed by atoms with Gasteiger partial charge >= 0.3 is 0 Å². The van der Waals surface area contributed by atoms with Crippen LogP contribution in [0.3, 0.4) is 0 Å². The molecule has 55 heavy (non-hydrogen) atoms. The third kappa shape index (κ3) is 7.01. The molecule has 2 aliphatic heterocycles. The third-order valence-corrected chi connectivity index (χ3v) is 14.2. The number of hydrogen-bond acceptors (Lipinski definition) is 7. The maximum atomic E-state index is 14.6. The van der Waals surface area contributed by atoms with Crippen molar-refractivity contribution in [1.29, 1.82) is 0 Å². The Balaban J connectivity index is 1.30. The lowest BCUT2D eigenvalue weighted by Crippen LogP contribution is -2.56. The molecule has 2 saturated carbocycles. The van der Waals surface area contributed by atoms with Crippen LogP contribution in [-0.4, -0.2) is 89.0 Å². The van der Waals surface area contributed by atoms with Crippen LogP contribution in [0.15, 0.2) is 42.6 Å². The van der Waals surface area contributed by atoms with Gasteiger partial charge in [-0.3, -0.25) is 23.9 Å². The number of methoxy groups -OCH3 is 1. The number of rotatable bonds is 9. The van der Waals surface area contributed by atoms with Gasteiger partial charge in [0, 0.05) is 41.6 Å². The molecule has 0 bridgehead atoms. The average molecular weight is 767 g/mol. The normalized spacial score (nSPS) is 20.9. The first-order chi connectivity index (χ1) is 26.3. The van der Waals surface area contributed by atoms with Crippen LogP contribution < -0.4 is 9.46 Å². The number of amides is 2. The molecule has 4 heterocycles. The van der Waals surface area contributed by atoms with Gasteiger partial charge in [-0.05, 0) is 119 Å². The van der Waals surface area contributed by atoms with Crippen molar-refractivity contribution in [2.24, 2.45) is 0 Å². The maximum absolute atomic E-state index is 14.6. The molecule has 1 N–H and O–H groups in total. The number of piperazine rings is 1. The Morgan fingerprint density at radius 2 is 1.69 bits per heavy atom. The Hall–Kier alpha value is -4.42. The van der Waals surface area contributed by atoms with E-state index in [1.165, 1.54) is 24.8 Å². The van der Waals surface area contributed by atoms with Crippen LogP contribution in [0.4, 0.5) is 0 Å². The number of nitrogens with zero attached hydrogens (tertiary/aromatic N) is 5. The molecule has 0 unspecified atom stereocenters. The molecular formula is C43H54N6O5S. The number of ether oxygens (including phenoxy) is 1. The molecule has 0 spiro atoms. The lowest BCUT2D eigenvalue weighted by molar-refractivity contribution is -0.118. The Kier molecular flexibility index (Phi) is 9.94. The number of sulfonamides is 1. The topological polar surface area (TPSA) is 119 Å². The van der Waals surface area contributed by atoms with Gasteiger partial charge in [0.1, 0.15) is 5.75 Å². The third-order valence-electron chi connectivity index (χ3n) is 12.5. The predicted octanol–water partition coefficient (Wildman–Crippen LogP) is 7.01. The minimum absolute atomic E-state index is 0.00911. The zero-order valence-corrected chi connectivity index (χ0v) is 33.8. The molecule has 4 aromatic rings.